The largest absolute Gasteiger partial charge is 0.383 e. The molecule has 11 heteroatoms. The van der Waals surface area contributed by atoms with E-state index in [4.69, 9.17) is 5.73 Å². The predicted molar refractivity (Wildman–Crippen MR) is 162 cm³/mol. The molecule has 2 aromatic heterocycles. The maximum atomic E-state index is 13.4. The smallest absolute Gasteiger partial charge is 0.277 e. The number of allylic oxidation sites excluding steroid dienone is 1. The summed E-state index contributed by atoms with van der Waals surface area (Å²) in [6.07, 6.45) is 4.09. The fourth-order valence-corrected chi connectivity index (χ4v) is 4.39. The number of hydrogen-bond acceptors (Lipinski definition) is 7. The van der Waals surface area contributed by atoms with E-state index in [0.717, 1.165) is 35.9 Å². The zero-order valence-corrected chi connectivity index (χ0v) is 25.2. The Morgan fingerprint density at radius 1 is 1.22 bits per heavy atom. The number of hydrogen-bond donors (Lipinski definition) is 2. The maximum Gasteiger partial charge on any atom is 0.277 e. The summed E-state index contributed by atoms with van der Waals surface area (Å²) in [4.78, 5) is 48.5. The fraction of sp³-hybridized carbons (Fsp3) is 0.467. The highest BCUT2D eigenvalue weighted by Gasteiger charge is 2.28. The molecule has 1 aromatic carbocycles. The molecule has 1 saturated heterocycles. The van der Waals surface area contributed by atoms with Crippen LogP contribution in [0.4, 0.5) is 11.5 Å². The first-order chi connectivity index (χ1) is 19.3. The summed E-state index contributed by atoms with van der Waals surface area (Å²) in [6, 6.07) is 3.52. The minimum atomic E-state index is -0.432. The van der Waals surface area contributed by atoms with Crippen LogP contribution in [0.15, 0.2) is 30.6 Å². The van der Waals surface area contributed by atoms with Gasteiger partial charge in [0.15, 0.2) is 11.3 Å². The first-order valence-corrected chi connectivity index (χ1v) is 13.8. The zero-order valence-electron chi connectivity index (χ0n) is 25.2. The van der Waals surface area contributed by atoms with Crippen LogP contribution in [0.5, 0.6) is 0 Å². The molecule has 0 bridgehead atoms. The van der Waals surface area contributed by atoms with Crippen LogP contribution >= 0.6 is 0 Å². The van der Waals surface area contributed by atoms with Gasteiger partial charge in [0.2, 0.25) is 12.3 Å². The van der Waals surface area contributed by atoms with Crippen LogP contribution in [0.1, 0.15) is 66.8 Å². The molecule has 1 aliphatic heterocycles. The lowest BCUT2D eigenvalue weighted by molar-refractivity contribution is -0.128. The molecule has 0 spiro atoms. The average Bonchev–Trinajstić information content (AvgIpc) is 3.34. The third kappa shape index (κ3) is 7.27. The molecule has 11 nitrogen and oxygen atoms in total. The molecule has 4 rings (SSSR count). The van der Waals surface area contributed by atoms with E-state index in [1.54, 1.807) is 34.6 Å². The number of fused-ring (bicyclic) bond motifs is 1. The lowest BCUT2D eigenvalue weighted by Crippen LogP contribution is -2.36. The van der Waals surface area contributed by atoms with Crippen molar-refractivity contribution < 1.29 is 14.4 Å². The molecule has 0 saturated carbocycles. The summed E-state index contributed by atoms with van der Waals surface area (Å²) in [5.41, 5.74) is 11.3. The predicted octanol–water partition coefficient (Wildman–Crippen LogP) is 3.92. The fourth-order valence-electron chi connectivity index (χ4n) is 4.39. The van der Waals surface area contributed by atoms with Crippen molar-refractivity contribution in [2.24, 2.45) is 5.92 Å². The Balaban J connectivity index is 0.000000696. The van der Waals surface area contributed by atoms with Crippen LogP contribution in [0.25, 0.3) is 11.0 Å². The molecule has 0 radical (unpaired) electrons. The highest BCUT2D eigenvalue weighted by Crippen LogP contribution is 2.29. The number of nitrogen functional groups attached to an aromatic ring is 1. The average molecular weight is 563 g/mol. The molecule has 3 N–H and O–H groups in total. The summed E-state index contributed by atoms with van der Waals surface area (Å²) in [7, 11) is 3.45. The molecule has 0 aliphatic carbocycles. The molecule has 1 aliphatic rings. The van der Waals surface area contributed by atoms with Crippen molar-refractivity contribution in [3.63, 3.8) is 0 Å². The van der Waals surface area contributed by atoms with Crippen LogP contribution in [-0.4, -0.2) is 75.0 Å². The molecule has 3 aromatic rings. The van der Waals surface area contributed by atoms with Gasteiger partial charge in [0, 0.05) is 32.9 Å². The molecular weight excluding hydrogens is 520 g/mol. The van der Waals surface area contributed by atoms with Crippen molar-refractivity contribution in [2.45, 2.75) is 59.9 Å². The molecule has 1 unspecified atom stereocenters. The van der Waals surface area contributed by atoms with Gasteiger partial charge in [-0.25, -0.2) is 14.6 Å². The number of nitrogens with one attached hydrogen (secondary N) is 1. The zero-order chi connectivity index (χ0) is 30.4. The number of piperidine rings is 1. The van der Waals surface area contributed by atoms with Crippen molar-refractivity contribution in [1.82, 2.24) is 29.5 Å². The van der Waals surface area contributed by atoms with Gasteiger partial charge in [0.1, 0.15) is 12.1 Å². The molecule has 220 valence electrons. The second kappa shape index (κ2) is 13.4. The van der Waals surface area contributed by atoms with Gasteiger partial charge in [0.05, 0.1) is 17.8 Å². The van der Waals surface area contributed by atoms with Gasteiger partial charge in [-0.15, -0.1) is 0 Å². The Morgan fingerprint density at radius 2 is 1.90 bits per heavy atom. The van der Waals surface area contributed by atoms with Gasteiger partial charge in [-0.05, 0) is 62.3 Å². The first-order valence-electron chi connectivity index (χ1n) is 13.8. The van der Waals surface area contributed by atoms with Crippen LogP contribution in [0.3, 0.4) is 0 Å². The number of likely N-dealkylation sites (tertiary alicyclic amines) is 1. The summed E-state index contributed by atoms with van der Waals surface area (Å²) in [5.74, 6) is 0.399. The molecular formula is C30H42N8O3. The molecule has 1 atom stereocenters. The van der Waals surface area contributed by atoms with E-state index >= 15 is 0 Å². The van der Waals surface area contributed by atoms with Crippen molar-refractivity contribution in [2.75, 3.05) is 38.2 Å². The van der Waals surface area contributed by atoms with E-state index in [9.17, 15) is 14.4 Å². The van der Waals surface area contributed by atoms with Crippen molar-refractivity contribution >= 4 is 40.8 Å². The van der Waals surface area contributed by atoms with Gasteiger partial charge in [0.25, 0.3) is 5.91 Å². The van der Waals surface area contributed by atoms with E-state index in [0.29, 0.717) is 35.7 Å². The summed E-state index contributed by atoms with van der Waals surface area (Å²) >= 11 is 0. The second-order valence-corrected chi connectivity index (χ2v) is 11.1. The third-order valence-corrected chi connectivity index (χ3v) is 7.63. The maximum absolute atomic E-state index is 13.4. The summed E-state index contributed by atoms with van der Waals surface area (Å²) < 4.78 is 1.69. The topological polar surface area (TPSA) is 139 Å². The quantitative estimate of drug-likeness (QED) is 0.329. The van der Waals surface area contributed by atoms with Crippen LogP contribution < -0.4 is 11.1 Å². The molecule has 1 fully saturated rings. The lowest BCUT2D eigenvalue weighted by Gasteiger charge is -2.30. The number of nitrogens with zero attached hydrogens (tertiary/aromatic N) is 6. The van der Waals surface area contributed by atoms with E-state index < -0.39 is 5.91 Å². The minimum absolute atomic E-state index is 0.00706. The van der Waals surface area contributed by atoms with Gasteiger partial charge >= 0.3 is 0 Å². The standard InChI is InChI=1S/C24H30N8O3.C6H12/c1-14-15(2)18(8-7-16(14)10-19(34)30(3)4)28-24(35)21-20-22(25)26-12-27-23(20)32(29-21)17-6-5-9-31(11-17)13-33;1-5(2)6(3)4/h7-8,12-13,17H,5-6,9-11H2,1-4H3,(H,28,35)(H2,25,26,27);6H,1H2,2-4H3. The number of carbonyl (C=O) groups is 3. The number of aromatic nitrogens is 4. The second-order valence-electron chi connectivity index (χ2n) is 11.1. The lowest BCUT2D eigenvalue weighted by atomic mass is 9.98. The number of likely N-dealkylation sites (N-methyl/N-ethyl adjacent to an activating group) is 1. The Kier molecular flexibility index (Phi) is 10.2. The number of benzene rings is 1. The number of anilines is 2. The van der Waals surface area contributed by atoms with Crippen LogP contribution in [0.2, 0.25) is 0 Å². The van der Waals surface area contributed by atoms with Crippen LogP contribution in [-0.2, 0) is 16.0 Å². The van der Waals surface area contributed by atoms with Gasteiger partial charge in [-0.1, -0.05) is 32.1 Å². The van der Waals surface area contributed by atoms with Gasteiger partial charge in [-0.2, -0.15) is 5.10 Å². The summed E-state index contributed by atoms with van der Waals surface area (Å²) in [5, 5.41) is 7.92. The van der Waals surface area contributed by atoms with Gasteiger partial charge < -0.3 is 20.9 Å². The summed E-state index contributed by atoms with van der Waals surface area (Å²) in [6.45, 7) is 15.1. The van der Waals surface area contributed by atoms with E-state index in [1.165, 1.54) is 11.9 Å². The number of nitrogens with two attached hydrogens (primary N) is 1. The van der Waals surface area contributed by atoms with E-state index in [-0.39, 0.29) is 29.9 Å². The Labute approximate surface area is 241 Å². The molecule has 3 heterocycles. The Morgan fingerprint density at radius 3 is 2.51 bits per heavy atom. The van der Waals surface area contributed by atoms with Crippen LogP contribution in [0, 0.1) is 19.8 Å². The molecule has 3 amide bonds. The van der Waals surface area contributed by atoms with Crippen molar-refractivity contribution in [3.05, 3.63) is 53.0 Å². The first kappa shape index (κ1) is 31.3. The van der Waals surface area contributed by atoms with Gasteiger partial charge in [-0.3, -0.25) is 14.4 Å². The monoisotopic (exact) mass is 562 g/mol. The van der Waals surface area contributed by atoms with Crippen molar-refractivity contribution in [3.8, 4) is 0 Å². The highest BCUT2D eigenvalue weighted by molar-refractivity contribution is 6.13. The Hall–Kier alpha value is -4.28. The van der Waals surface area contributed by atoms with Crippen molar-refractivity contribution in [1.29, 1.82) is 0 Å². The normalized spacial score (nSPS) is 14.8. The number of amides is 3. The third-order valence-electron chi connectivity index (χ3n) is 7.63. The van der Waals surface area contributed by atoms with E-state index in [2.05, 4.69) is 40.8 Å². The molecule has 41 heavy (non-hydrogen) atoms. The highest BCUT2D eigenvalue weighted by atomic mass is 16.2. The SMILES string of the molecule is C=C(C)C(C)C.Cc1c(CC(=O)N(C)C)ccc(NC(=O)c2nn(C3CCCN(C=O)C3)c3ncnc(N)c23)c1C. The Bertz CT molecular complexity index is 1440. The number of carbonyl (C=O) groups excluding carboxylic acids is 3. The minimum Gasteiger partial charge on any atom is -0.383 e. The van der Waals surface area contributed by atoms with E-state index in [1.807, 2.05) is 26.8 Å². The number of rotatable bonds is 7.